The number of hydrogen-bond acceptors (Lipinski definition) is 17. The molecule has 3 aromatic rings. The minimum absolute atomic E-state index is 0.00716. The number of carbonyl (C=O) groups excluding carboxylic acids is 9. The number of ketones is 3. The molecule has 101 heavy (non-hydrogen) atoms. The molecule has 3 saturated carbocycles. The van der Waals surface area contributed by atoms with Crippen LogP contribution in [0.25, 0.3) is 0 Å². The lowest BCUT2D eigenvalue weighted by atomic mass is 9.44. The average molecular weight is 1400 g/mol. The van der Waals surface area contributed by atoms with E-state index in [1.54, 1.807) is 49.9 Å². The lowest BCUT2D eigenvalue weighted by Crippen LogP contribution is -2.70. The number of carbonyl (C=O) groups is 9. The first-order chi connectivity index (χ1) is 48.4. The van der Waals surface area contributed by atoms with E-state index in [0.717, 1.165) is 22.8 Å². The second kappa shape index (κ2) is 35.2. The summed E-state index contributed by atoms with van der Waals surface area (Å²) in [6.07, 6.45) is -0.883. The van der Waals surface area contributed by atoms with Gasteiger partial charge in [0.05, 0.1) is 89.8 Å². The minimum Gasteiger partial charge on any atom is -0.461 e. The first kappa shape index (κ1) is 77.1. The Balaban J connectivity index is 0.646. The number of esters is 1. The second-order valence-corrected chi connectivity index (χ2v) is 27.6. The summed E-state index contributed by atoms with van der Waals surface area (Å²) < 4.78 is 75.1. The number of nitrogens with zero attached hydrogens (tertiary/aromatic N) is 1. The molecule has 4 aliphatic carbocycles. The van der Waals surface area contributed by atoms with Gasteiger partial charge >= 0.3 is 12.0 Å². The van der Waals surface area contributed by atoms with Crippen LogP contribution in [0.5, 0.6) is 0 Å². The highest BCUT2D eigenvalue weighted by atomic mass is 19.1. The number of para-hydroxylation sites is 1. The Morgan fingerprint density at radius 3 is 2.16 bits per heavy atom. The van der Waals surface area contributed by atoms with Gasteiger partial charge in [0.25, 0.3) is 0 Å². The van der Waals surface area contributed by atoms with E-state index in [2.05, 4.69) is 33.1 Å². The topological polar surface area (TPSA) is 316 Å². The Bertz CT molecular complexity index is 3610. The third-order valence-electron chi connectivity index (χ3n) is 20.6. The van der Waals surface area contributed by atoms with Gasteiger partial charge in [-0.25, -0.2) is 13.6 Å². The summed E-state index contributed by atoms with van der Waals surface area (Å²) in [5, 5.41) is 22.9. The Morgan fingerprint density at radius 1 is 0.782 bits per heavy atom. The maximum absolute atomic E-state index is 18.0. The standard InChI is InChI=1S/C76H96F2N6O17/c1-6-12-69-100-64-44-56-57-43-59(77)58-42-55(85)28-30-73(58,4)75(57,78)63(88)45-74(56,5)76(64,101-69)62(87)24-27-68(92)99-47-49-18-22-54(23-19-49)82-71(93)52(16-11-31-81-72(79)94)41-61(86)70(48(2)3)83-66(90)29-33-95-35-37-97-39-40-98-38-36-96-34-32-80-65(89)25-26-67(91)84-46-53-15-8-7-13-50(53)20-21-51-14-9-10-17-60(51)84/h7-10,13-15,17-19,22-23,28,30,42,48,52,56-57,59,63-64,69-70,88H,6,11-12,16,24-27,29,31-41,43-47H2,1-5H3,(H,80,89)(H,82,93)(H,83,90)(H3,79,81,94)/t52-,56+,57+,59+,63+,64-,69?,70+,73+,74+,75+,76-/m1/s1. The van der Waals surface area contributed by atoms with Crippen molar-refractivity contribution in [2.75, 3.05) is 76.2 Å². The van der Waals surface area contributed by atoms with Crippen LogP contribution in [0.2, 0.25) is 0 Å². The Kier molecular flexibility index (Phi) is 26.9. The largest absolute Gasteiger partial charge is 0.461 e. The molecule has 2 heterocycles. The molecule has 23 nitrogen and oxygen atoms in total. The molecule has 7 N–H and O–H groups in total. The number of Topliss-reactive ketones (excluding diaryl/α,β-unsaturated/α-hetero) is 2. The summed E-state index contributed by atoms with van der Waals surface area (Å²) in [5.41, 5.74) is 2.56. The van der Waals surface area contributed by atoms with Gasteiger partial charge < -0.3 is 70.2 Å². The van der Waals surface area contributed by atoms with Crippen molar-refractivity contribution in [1.82, 2.24) is 16.0 Å². The van der Waals surface area contributed by atoms with E-state index >= 15 is 8.78 Å². The van der Waals surface area contributed by atoms with Crippen LogP contribution in [0, 0.1) is 46.3 Å². The van der Waals surface area contributed by atoms with Crippen molar-refractivity contribution in [3.8, 4) is 11.8 Å². The van der Waals surface area contributed by atoms with Gasteiger partial charge in [0.15, 0.2) is 34.9 Å². The molecule has 9 rings (SSSR count). The summed E-state index contributed by atoms with van der Waals surface area (Å²) in [7, 11) is 0. The van der Waals surface area contributed by atoms with Crippen LogP contribution in [-0.4, -0.2) is 166 Å². The molecule has 1 unspecified atom stereocenters. The quantitative estimate of drug-likeness (QED) is 0.0183. The lowest BCUT2D eigenvalue weighted by molar-refractivity contribution is -0.234. The molecule has 0 radical (unpaired) electrons. The second-order valence-electron chi connectivity index (χ2n) is 27.6. The number of hydrogen-bond donors (Lipinski definition) is 6. The highest BCUT2D eigenvalue weighted by Crippen LogP contribution is 2.72. The van der Waals surface area contributed by atoms with E-state index in [9.17, 15) is 48.3 Å². The van der Waals surface area contributed by atoms with Crippen LogP contribution < -0.4 is 31.9 Å². The molecule has 0 aromatic heterocycles. The van der Waals surface area contributed by atoms with Gasteiger partial charge in [0.1, 0.15) is 12.8 Å². The maximum Gasteiger partial charge on any atom is 0.312 e. The van der Waals surface area contributed by atoms with Crippen LogP contribution in [0.1, 0.15) is 140 Å². The van der Waals surface area contributed by atoms with Crippen molar-refractivity contribution >= 4 is 64.4 Å². The van der Waals surface area contributed by atoms with Crippen molar-refractivity contribution < 1.29 is 90.2 Å². The van der Waals surface area contributed by atoms with Crippen LogP contribution in [0.3, 0.4) is 0 Å². The van der Waals surface area contributed by atoms with E-state index in [4.69, 9.17) is 38.9 Å². The number of fused-ring (bicyclic) bond motifs is 9. The van der Waals surface area contributed by atoms with Crippen molar-refractivity contribution in [3.05, 3.63) is 119 Å². The fourth-order valence-electron chi connectivity index (χ4n) is 15.4. The first-order valence-corrected chi connectivity index (χ1v) is 35.2. The fourth-order valence-corrected chi connectivity index (χ4v) is 15.4. The van der Waals surface area contributed by atoms with E-state index < -0.39 is 106 Å². The van der Waals surface area contributed by atoms with E-state index in [-0.39, 0.29) is 146 Å². The number of allylic oxidation sites excluding steroid dienone is 4. The zero-order valence-corrected chi connectivity index (χ0v) is 58.3. The predicted molar refractivity (Wildman–Crippen MR) is 367 cm³/mol. The third kappa shape index (κ3) is 18.2. The summed E-state index contributed by atoms with van der Waals surface area (Å²) in [5.74, 6) is 0.114. The molecule has 546 valence electrons. The number of aliphatic hydroxyl groups is 1. The Hall–Kier alpha value is -8.09. The number of halogens is 2. The Labute approximate surface area is 588 Å². The normalized spacial score (nSPS) is 25.7. The number of urea groups is 1. The zero-order valence-electron chi connectivity index (χ0n) is 58.3. The molecular formula is C76H96F2N6O17. The number of alkyl halides is 2. The van der Waals surface area contributed by atoms with E-state index in [1.807, 2.05) is 55.5 Å². The van der Waals surface area contributed by atoms with E-state index in [1.165, 1.54) is 19.1 Å². The highest BCUT2D eigenvalue weighted by Gasteiger charge is 2.80. The molecule has 25 heteroatoms. The average Bonchev–Trinajstić information content (AvgIpc) is 1.54. The van der Waals surface area contributed by atoms with Crippen LogP contribution in [0.4, 0.5) is 25.0 Å². The molecular weight excluding hydrogens is 1310 g/mol. The number of nitrogens with one attached hydrogen (secondary N) is 4. The van der Waals surface area contributed by atoms with Crippen molar-refractivity contribution in [1.29, 1.82) is 0 Å². The third-order valence-corrected chi connectivity index (χ3v) is 20.6. The number of anilines is 2. The SMILES string of the molecule is CCCC1O[C@@H]2C[C@H]3[C@@H]4C[C@H](F)C5=CC(=O)C=C[C@]5(C)[C@@]4(F)[C@@H](O)C[C@]3(C)[C@]2(C(=O)CCC(=O)OCc2ccc(NC(=O)[C@H](CCCNC(N)=O)CC(=O)[C@@H](NC(=O)CCOCCOCCOCCOCCNC(=O)CCC(=O)N3Cc4ccccc4C#Cc4ccccc43)C(C)C)cc2)O1. The summed E-state index contributed by atoms with van der Waals surface area (Å²) in [6, 6.07) is 20.0. The minimum atomic E-state index is -2.37. The Morgan fingerprint density at radius 2 is 1.46 bits per heavy atom. The number of nitrogens with two attached hydrogens (primary N) is 1. The summed E-state index contributed by atoms with van der Waals surface area (Å²) in [4.78, 5) is 121. The monoisotopic (exact) mass is 1400 g/mol. The molecule has 4 fully saturated rings. The predicted octanol–water partition coefficient (Wildman–Crippen LogP) is 7.69. The van der Waals surface area contributed by atoms with Gasteiger partial charge in [-0.2, -0.15) is 0 Å². The molecule has 3 aromatic carbocycles. The van der Waals surface area contributed by atoms with E-state index in [0.29, 0.717) is 62.6 Å². The molecule has 2 aliphatic heterocycles. The van der Waals surface area contributed by atoms with Gasteiger partial charge in [-0.3, -0.25) is 38.4 Å². The van der Waals surface area contributed by atoms with Gasteiger partial charge in [-0.1, -0.05) is 94.5 Å². The highest BCUT2D eigenvalue weighted by molar-refractivity contribution is 6.02. The van der Waals surface area contributed by atoms with Crippen molar-refractivity contribution in [2.24, 2.45) is 40.2 Å². The smallest absolute Gasteiger partial charge is 0.312 e. The number of amides is 6. The molecule has 6 aliphatic rings. The van der Waals surface area contributed by atoms with Crippen LogP contribution in [-0.2, 0) is 84.7 Å². The van der Waals surface area contributed by atoms with Gasteiger partial charge in [-0.05, 0) is 116 Å². The van der Waals surface area contributed by atoms with Gasteiger partial charge in [-0.15, -0.1) is 0 Å². The molecule has 0 bridgehead atoms. The van der Waals surface area contributed by atoms with Crippen molar-refractivity contribution in [3.63, 3.8) is 0 Å². The lowest BCUT2D eigenvalue weighted by Gasteiger charge is -2.63. The van der Waals surface area contributed by atoms with Gasteiger partial charge in [0.2, 0.25) is 23.6 Å². The molecule has 12 atom stereocenters. The van der Waals surface area contributed by atoms with Crippen LogP contribution in [0.15, 0.2) is 96.6 Å². The van der Waals surface area contributed by atoms with Crippen LogP contribution >= 0.6 is 0 Å². The fraction of sp³-hybridized carbons (Fsp3) is 0.566. The number of primary amides is 1. The molecule has 6 amide bonds. The van der Waals surface area contributed by atoms with Crippen molar-refractivity contribution in [2.45, 2.75) is 173 Å². The number of rotatable bonds is 37. The number of aliphatic hydroxyl groups excluding tert-OH is 1. The maximum atomic E-state index is 18.0. The molecule has 0 spiro atoms. The molecule has 1 saturated heterocycles. The first-order valence-electron chi connectivity index (χ1n) is 35.2. The van der Waals surface area contributed by atoms with Gasteiger partial charge in [0, 0.05) is 84.7 Å². The summed E-state index contributed by atoms with van der Waals surface area (Å²) >= 11 is 0. The number of benzene rings is 3. The number of ether oxygens (including phenoxy) is 7. The zero-order chi connectivity index (χ0) is 72.5. The summed E-state index contributed by atoms with van der Waals surface area (Å²) in [6.45, 7) is 11.3.